The number of likely N-dealkylation sites (tertiary alicyclic amines) is 3. The number of hydrogen-bond donors (Lipinski definition) is 9. The van der Waals surface area contributed by atoms with Crippen LogP contribution in [0.15, 0.2) is 0 Å². The van der Waals surface area contributed by atoms with Crippen LogP contribution in [0, 0.1) is 16.2 Å². The minimum absolute atomic E-state index is 0.238. The van der Waals surface area contributed by atoms with Crippen LogP contribution < -0.4 is 17.2 Å². The summed E-state index contributed by atoms with van der Waals surface area (Å²) >= 11 is 0. The van der Waals surface area contributed by atoms with Gasteiger partial charge < -0.3 is 46.6 Å². The van der Waals surface area contributed by atoms with Crippen LogP contribution in [0.2, 0.25) is 0 Å². The fourth-order valence-electron chi connectivity index (χ4n) is 3.93. The first kappa shape index (κ1) is 32.9. The molecule has 0 aliphatic carbocycles. The quantitative estimate of drug-likeness (QED) is 0.126. The Labute approximate surface area is 209 Å². The van der Waals surface area contributed by atoms with Crippen LogP contribution in [-0.2, 0) is 4.57 Å². The lowest BCUT2D eigenvalue weighted by atomic mass is 10.2. The fraction of sp³-hybridized carbons (Fsp3) is 0.857. The molecule has 3 fully saturated rings. The molecule has 0 aromatic carbocycles. The first-order valence-corrected chi connectivity index (χ1v) is 14.0. The van der Waals surface area contributed by atoms with E-state index in [2.05, 4.69) is 0 Å². The number of nitrogens with one attached hydrogen (secondary N) is 3. The summed E-state index contributed by atoms with van der Waals surface area (Å²) in [5.74, 6) is 0.714. The van der Waals surface area contributed by atoms with Crippen molar-refractivity contribution in [2.75, 3.05) is 39.3 Å². The topological polar surface area (TPSA) is 237 Å². The Hall–Kier alpha value is -2.08. The van der Waals surface area contributed by atoms with Crippen molar-refractivity contribution in [3.63, 3.8) is 0 Å². The second-order valence-electron chi connectivity index (χ2n) is 8.87. The Morgan fingerprint density at radius 3 is 0.743 bits per heavy atom. The molecule has 13 nitrogen and oxygen atoms in total. The zero-order valence-electron chi connectivity index (χ0n) is 21.0. The molecule has 0 saturated carbocycles. The molecule has 206 valence electrons. The summed E-state index contributed by atoms with van der Waals surface area (Å²) in [6, 6.07) is 0. The number of nitrogens with zero attached hydrogens (tertiary/aromatic N) is 3. The van der Waals surface area contributed by atoms with Crippen molar-refractivity contribution in [2.45, 2.75) is 77.0 Å². The zero-order chi connectivity index (χ0) is 26.7. The van der Waals surface area contributed by atoms with Gasteiger partial charge >= 0.3 is 7.82 Å². The second-order valence-corrected chi connectivity index (χ2v) is 9.90. The average molecular weight is 522 g/mol. The smallest absolute Gasteiger partial charge is 0.370 e. The number of phosphoric acid groups is 1. The van der Waals surface area contributed by atoms with Gasteiger partial charge in [0.05, 0.1) is 0 Å². The van der Waals surface area contributed by atoms with Crippen LogP contribution in [-0.4, -0.2) is 86.5 Å². The van der Waals surface area contributed by atoms with E-state index >= 15 is 0 Å². The predicted octanol–water partition coefficient (Wildman–Crippen LogP) is 1.34. The van der Waals surface area contributed by atoms with Crippen LogP contribution in [0.1, 0.15) is 77.0 Å². The molecular formula is C21H48N9O4P. The molecule has 3 rings (SSSR count). The lowest BCUT2D eigenvalue weighted by Gasteiger charge is -2.19. The van der Waals surface area contributed by atoms with Gasteiger partial charge in [0.2, 0.25) is 0 Å². The highest BCUT2D eigenvalue weighted by Crippen LogP contribution is 2.25. The van der Waals surface area contributed by atoms with Gasteiger partial charge in [0.15, 0.2) is 17.9 Å². The molecule has 3 aliphatic heterocycles. The Balaban J connectivity index is 0.000000453. The van der Waals surface area contributed by atoms with Gasteiger partial charge in [-0.05, 0) is 38.5 Å². The molecule has 14 heteroatoms. The van der Waals surface area contributed by atoms with E-state index in [-0.39, 0.29) is 17.9 Å². The minimum Gasteiger partial charge on any atom is -0.370 e. The third-order valence-corrected chi connectivity index (χ3v) is 5.84. The fourth-order valence-corrected chi connectivity index (χ4v) is 3.93. The van der Waals surface area contributed by atoms with Crippen molar-refractivity contribution in [1.29, 1.82) is 16.2 Å². The highest BCUT2D eigenvalue weighted by molar-refractivity contribution is 7.45. The first-order valence-electron chi connectivity index (χ1n) is 12.5. The van der Waals surface area contributed by atoms with Crippen molar-refractivity contribution in [3.05, 3.63) is 0 Å². The van der Waals surface area contributed by atoms with E-state index in [1.54, 1.807) is 0 Å². The number of nitrogens with two attached hydrogens (primary N) is 3. The van der Waals surface area contributed by atoms with Gasteiger partial charge in [-0.15, -0.1) is 0 Å². The maximum Gasteiger partial charge on any atom is 0.466 e. The number of hydrogen-bond acceptors (Lipinski definition) is 4. The average Bonchev–Trinajstić information content (AvgIpc) is 3.29. The van der Waals surface area contributed by atoms with Crippen molar-refractivity contribution in [3.8, 4) is 0 Å². The zero-order valence-corrected chi connectivity index (χ0v) is 21.9. The van der Waals surface area contributed by atoms with Crippen LogP contribution in [0.5, 0.6) is 0 Å². The van der Waals surface area contributed by atoms with Crippen molar-refractivity contribution < 1.29 is 19.2 Å². The Morgan fingerprint density at radius 2 is 0.629 bits per heavy atom. The summed E-state index contributed by atoms with van der Waals surface area (Å²) in [5.41, 5.74) is 16.0. The van der Waals surface area contributed by atoms with Gasteiger partial charge in [-0.2, -0.15) is 0 Å². The van der Waals surface area contributed by atoms with Crippen LogP contribution >= 0.6 is 7.82 Å². The summed E-state index contributed by atoms with van der Waals surface area (Å²) in [4.78, 5) is 27.4. The van der Waals surface area contributed by atoms with E-state index in [9.17, 15) is 0 Å². The minimum atomic E-state index is -4.64. The third kappa shape index (κ3) is 21.0. The molecule has 0 radical (unpaired) electrons. The van der Waals surface area contributed by atoms with E-state index in [1.165, 1.54) is 77.0 Å². The van der Waals surface area contributed by atoms with Gasteiger partial charge in [0.25, 0.3) is 0 Å². The molecule has 0 atom stereocenters. The van der Waals surface area contributed by atoms with Gasteiger partial charge in [-0.1, -0.05) is 38.5 Å². The molecule has 0 unspecified atom stereocenters. The summed E-state index contributed by atoms with van der Waals surface area (Å²) in [5, 5.41) is 21.6. The van der Waals surface area contributed by atoms with Gasteiger partial charge in [0.1, 0.15) is 0 Å². The maximum absolute atomic E-state index is 8.88. The standard InChI is InChI=1S/3C7H15N3.H3O4P/c3*8-7(9)10-5-3-1-2-4-6-10;1-5(2,3)4/h3*1-6H2,(H3,8,9);(H3,1,2,3,4). The van der Waals surface area contributed by atoms with Gasteiger partial charge in [-0.25, -0.2) is 4.57 Å². The van der Waals surface area contributed by atoms with E-state index in [0.717, 1.165) is 39.3 Å². The maximum atomic E-state index is 8.88. The summed E-state index contributed by atoms with van der Waals surface area (Å²) < 4.78 is 8.88. The van der Waals surface area contributed by atoms with Crippen LogP contribution in [0.25, 0.3) is 0 Å². The van der Waals surface area contributed by atoms with E-state index < -0.39 is 7.82 Å². The largest absolute Gasteiger partial charge is 0.466 e. The number of guanidine groups is 3. The molecular weight excluding hydrogens is 473 g/mol. The Morgan fingerprint density at radius 1 is 0.486 bits per heavy atom. The van der Waals surface area contributed by atoms with Gasteiger partial charge in [-0.3, -0.25) is 16.2 Å². The molecule has 0 amide bonds. The summed E-state index contributed by atoms with van der Waals surface area (Å²) in [6.07, 6.45) is 14.9. The molecule has 3 saturated heterocycles. The normalized spacial score (nSPS) is 19.0. The van der Waals surface area contributed by atoms with Crippen molar-refractivity contribution in [1.82, 2.24) is 14.7 Å². The Bertz CT molecular complexity index is 559. The molecule has 3 heterocycles. The summed E-state index contributed by atoms with van der Waals surface area (Å²) in [6.45, 7) is 5.89. The highest BCUT2D eigenvalue weighted by atomic mass is 31.2. The van der Waals surface area contributed by atoms with Crippen LogP contribution in [0.3, 0.4) is 0 Å². The predicted molar refractivity (Wildman–Crippen MR) is 140 cm³/mol. The molecule has 12 N–H and O–H groups in total. The van der Waals surface area contributed by atoms with Crippen molar-refractivity contribution >= 4 is 25.7 Å². The summed E-state index contributed by atoms with van der Waals surface area (Å²) in [7, 11) is -4.64. The molecule has 35 heavy (non-hydrogen) atoms. The molecule has 0 aromatic rings. The molecule has 0 bridgehead atoms. The lowest BCUT2D eigenvalue weighted by Crippen LogP contribution is -2.36. The first-order chi connectivity index (χ1) is 16.4. The van der Waals surface area contributed by atoms with Crippen molar-refractivity contribution in [2.24, 2.45) is 17.2 Å². The van der Waals surface area contributed by atoms with E-state index in [1.807, 2.05) is 14.7 Å². The number of rotatable bonds is 0. The second kappa shape index (κ2) is 19.1. The lowest BCUT2D eigenvalue weighted by molar-refractivity contribution is 0.275. The highest BCUT2D eigenvalue weighted by Gasteiger charge is 2.10. The molecule has 3 aliphatic rings. The SMILES string of the molecule is N=C(N)N1CCCCCC1.N=C(N)N1CCCCCC1.N=C(N)N1CCCCCC1.O=P(O)(O)O. The van der Waals surface area contributed by atoms with E-state index in [4.69, 9.17) is 52.7 Å². The molecule has 0 spiro atoms. The van der Waals surface area contributed by atoms with Crippen LogP contribution in [0.4, 0.5) is 0 Å². The Kier molecular flexibility index (Phi) is 18.0. The monoisotopic (exact) mass is 521 g/mol. The van der Waals surface area contributed by atoms with E-state index in [0.29, 0.717) is 0 Å². The molecule has 0 aromatic heterocycles. The van der Waals surface area contributed by atoms with Gasteiger partial charge in [0, 0.05) is 39.3 Å². The third-order valence-electron chi connectivity index (χ3n) is 5.84.